The summed E-state index contributed by atoms with van der Waals surface area (Å²) in [6, 6.07) is 10.4. The molecule has 1 aromatic carbocycles. The van der Waals surface area contributed by atoms with Crippen LogP contribution in [0.4, 0.5) is 0 Å². The third-order valence-corrected chi connectivity index (χ3v) is 5.43. The number of hydrogen-bond acceptors (Lipinski definition) is 2. The summed E-state index contributed by atoms with van der Waals surface area (Å²) in [5.74, 6) is 0.870. The topological polar surface area (TPSA) is 32.3 Å². The number of nitrogens with one attached hydrogen (secondary N) is 1. The van der Waals surface area contributed by atoms with E-state index in [2.05, 4.69) is 48.6 Å². The predicted octanol–water partition coefficient (Wildman–Crippen LogP) is 2.78. The van der Waals surface area contributed by atoms with E-state index in [1.807, 2.05) is 6.07 Å². The molecule has 0 heterocycles. The highest BCUT2D eigenvalue weighted by atomic mass is 16.2. The second-order valence-electron chi connectivity index (χ2n) is 6.90. The van der Waals surface area contributed by atoms with Crippen molar-refractivity contribution >= 4 is 5.91 Å². The normalized spacial score (nSPS) is 26.8. The first-order valence-corrected chi connectivity index (χ1v) is 8.12. The summed E-state index contributed by atoms with van der Waals surface area (Å²) in [4.78, 5) is 14.7. The van der Waals surface area contributed by atoms with Crippen molar-refractivity contribution in [2.75, 3.05) is 20.6 Å². The molecular formula is C18H26N2O. The number of benzene rings is 1. The van der Waals surface area contributed by atoms with Crippen LogP contribution in [0.3, 0.4) is 0 Å². The SMILES string of the molecule is CN(C)C1(CNC(=O)C2CC2c2ccccc2)CCCC1. The number of amides is 1. The minimum atomic E-state index is 0.187. The average Bonchev–Trinajstić information content (AvgIpc) is 3.16. The number of hydrogen-bond donors (Lipinski definition) is 1. The van der Waals surface area contributed by atoms with E-state index in [9.17, 15) is 4.79 Å². The van der Waals surface area contributed by atoms with Crippen molar-refractivity contribution in [1.82, 2.24) is 10.2 Å². The van der Waals surface area contributed by atoms with E-state index in [4.69, 9.17) is 0 Å². The third-order valence-electron chi connectivity index (χ3n) is 5.43. The molecule has 21 heavy (non-hydrogen) atoms. The van der Waals surface area contributed by atoms with Crippen LogP contribution in [-0.4, -0.2) is 37.0 Å². The molecule has 1 N–H and O–H groups in total. The van der Waals surface area contributed by atoms with Gasteiger partial charge >= 0.3 is 0 Å². The first kappa shape index (κ1) is 14.6. The van der Waals surface area contributed by atoms with Crippen LogP contribution in [0.2, 0.25) is 0 Å². The van der Waals surface area contributed by atoms with Gasteiger partial charge in [-0.3, -0.25) is 4.79 Å². The monoisotopic (exact) mass is 286 g/mol. The van der Waals surface area contributed by atoms with Crippen molar-refractivity contribution in [2.45, 2.75) is 43.6 Å². The highest BCUT2D eigenvalue weighted by Gasteiger charge is 2.45. The molecule has 3 nitrogen and oxygen atoms in total. The summed E-state index contributed by atoms with van der Waals surface area (Å²) in [5.41, 5.74) is 1.49. The lowest BCUT2D eigenvalue weighted by Crippen LogP contribution is -2.51. The molecule has 1 aromatic rings. The van der Waals surface area contributed by atoms with E-state index in [1.54, 1.807) is 0 Å². The molecule has 2 saturated carbocycles. The van der Waals surface area contributed by atoms with Gasteiger partial charge in [0, 0.05) is 18.0 Å². The summed E-state index contributed by atoms with van der Waals surface area (Å²) >= 11 is 0. The smallest absolute Gasteiger partial charge is 0.223 e. The number of rotatable bonds is 5. The molecule has 3 heteroatoms. The van der Waals surface area contributed by atoms with Crippen molar-refractivity contribution in [3.8, 4) is 0 Å². The third kappa shape index (κ3) is 2.98. The van der Waals surface area contributed by atoms with Gasteiger partial charge < -0.3 is 10.2 Å². The molecule has 0 bridgehead atoms. The molecule has 2 unspecified atom stereocenters. The first-order valence-electron chi connectivity index (χ1n) is 8.12. The summed E-state index contributed by atoms with van der Waals surface area (Å²) in [5, 5.41) is 3.23. The van der Waals surface area contributed by atoms with E-state index in [0.717, 1.165) is 13.0 Å². The first-order chi connectivity index (χ1) is 10.1. The van der Waals surface area contributed by atoms with Crippen LogP contribution in [0, 0.1) is 5.92 Å². The maximum atomic E-state index is 12.4. The summed E-state index contributed by atoms with van der Waals surface area (Å²) in [7, 11) is 4.28. The molecule has 0 spiro atoms. The van der Waals surface area contributed by atoms with Crippen LogP contribution < -0.4 is 5.32 Å². The van der Waals surface area contributed by atoms with E-state index in [-0.39, 0.29) is 17.4 Å². The van der Waals surface area contributed by atoms with Gasteiger partial charge in [0.05, 0.1) is 0 Å². The lowest BCUT2D eigenvalue weighted by Gasteiger charge is -2.36. The fourth-order valence-electron chi connectivity index (χ4n) is 3.75. The van der Waals surface area contributed by atoms with Gasteiger partial charge in [0.1, 0.15) is 0 Å². The molecular weight excluding hydrogens is 260 g/mol. The number of nitrogens with zero attached hydrogens (tertiary/aromatic N) is 1. The highest BCUT2D eigenvalue weighted by Crippen LogP contribution is 2.47. The fraction of sp³-hybridized carbons (Fsp3) is 0.611. The largest absolute Gasteiger partial charge is 0.354 e. The Bertz CT molecular complexity index is 491. The Morgan fingerprint density at radius 1 is 1.24 bits per heavy atom. The van der Waals surface area contributed by atoms with Gasteiger partial charge in [-0.05, 0) is 44.8 Å². The lowest BCUT2D eigenvalue weighted by atomic mass is 9.96. The molecule has 0 aromatic heterocycles. The Morgan fingerprint density at radius 3 is 2.52 bits per heavy atom. The van der Waals surface area contributed by atoms with Gasteiger partial charge in [-0.15, -0.1) is 0 Å². The zero-order valence-electron chi connectivity index (χ0n) is 13.1. The standard InChI is InChI=1S/C18H26N2O/c1-20(2)18(10-6-7-11-18)13-19-17(21)16-12-15(16)14-8-4-3-5-9-14/h3-5,8-9,15-16H,6-7,10-13H2,1-2H3,(H,19,21). The Labute approximate surface area is 127 Å². The maximum Gasteiger partial charge on any atom is 0.223 e. The Hall–Kier alpha value is -1.35. The van der Waals surface area contributed by atoms with Gasteiger partial charge in [-0.1, -0.05) is 43.2 Å². The van der Waals surface area contributed by atoms with Crippen molar-refractivity contribution in [1.29, 1.82) is 0 Å². The Morgan fingerprint density at radius 2 is 1.90 bits per heavy atom. The minimum absolute atomic E-state index is 0.187. The van der Waals surface area contributed by atoms with Crippen LogP contribution in [0.5, 0.6) is 0 Å². The molecule has 0 radical (unpaired) electrons. The molecule has 0 aliphatic heterocycles. The van der Waals surface area contributed by atoms with Crippen molar-refractivity contribution in [3.63, 3.8) is 0 Å². The molecule has 3 rings (SSSR count). The lowest BCUT2D eigenvalue weighted by molar-refractivity contribution is -0.123. The number of likely N-dealkylation sites (N-methyl/N-ethyl adjacent to an activating group) is 1. The predicted molar refractivity (Wildman–Crippen MR) is 85.2 cm³/mol. The summed E-state index contributed by atoms with van der Waals surface area (Å²) in [6.45, 7) is 0.802. The van der Waals surface area contributed by atoms with Crippen molar-refractivity contribution in [3.05, 3.63) is 35.9 Å². The molecule has 0 saturated heterocycles. The maximum absolute atomic E-state index is 12.4. The van der Waals surface area contributed by atoms with E-state index in [0.29, 0.717) is 5.92 Å². The fourth-order valence-corrected chi connectivity index (χ4v) is 3.75. The molecule has 2 aliphatic carbocycles. The van der Waals surface area contributed by atoms with Crippen LogP contribution in [0.25, 0.3) is 0 Å². The summed E-state index contributed by atoms with van der Waals surface area (Å²) in [6.07, 6.45) is 5.97. The highest BCUT2D eigenvalue weighted by molar-refractivity contribution is 5.83. The van der Waals surface area contributed by atoms with Gasteiger partial charge in [0.25, 0.3) is 0 Å². The number of carbonyl (C=O) groups excluding carboxylic acids is 1. The van der Waals surface area contributed by atoms with E-state index >= 15 is 0 Å². The summed E-state index contributed by atoms with van der Waals surface area (Å²) < 4.78 is 0. The van der Waals surface area contributed by atoms with Crippen LogP contribution in [-0.2, 0) is 4.79 Å². The minimum Gasteiger partial charge on any atom is -0.354 e. The molecule has 2 fully saturated rings. The zero-order valence-corrected chi connectivity index (χ0v) is 13.1. The van der Waals surface area contributed by atoms with Gasteiger partial charge in [-0.2, -0.15) is 0 Å². The molecule has 1 amide bonds. The zero-order chi connectivity index (χ0) is 14.9. The number of carbonyl (C=O) groups is 1. The molecule has 2 atom stereocenters. The quantitative estimate of drug-likeness (QED) is 0.902. The van der Waals surface area contributed by atoms with Crippen molar-refractivity contribution < 1.29 is 4.79 Å². The Balaban J connectivity index is 1.54. The molecule has 114 valence electrons. The second-order valence-corrected chi connectivity index (χ2v) is 6.90. The Kier molecular flexibility index (Phi) is 4.03. The van der Waals surface area contributed by atoms with E-state index in [1.165, 1.54) is 31.2 Å². The van der Waals surface area contributed by atoms with E-state index < -0.39 is 0 Å². The van der Waals surface area contributed by atoms with Crippen LogP contribution in [0.1, 0.15) is 43.6 Å². The van der Waals surface area contributed by atoms with Crippen molar-refractivity contribution in [2.24, 2.45) is 5.92 Å². The molecule has 2 aliphatic rings. The van der Waals surface area contributed by atoms with Crippen LogP contribution >= 0.6 is 0 Å². The van der Waals surface area contributed by atoms with Crippen LogP contribution in [0.15, 0.2) is 30.3 Å². The van der Waals surface area contributed by atoms with Gasteiger partial charge in [0.15, 0.2) is 0 Å². The van der Waals surface area contributed by atoms with Gasteiger partial charge in [0.2, 0.25) is 5.91 Å². The average molecular weight is 286 g/mol. The van der Waals surface area contributed by atoms with Gasteiger partial charge in [-0.25, -0.2) is 0 Å². The second kappa shape index (κ2) is 5.80.